The number of ether oxygens (including phenoxy) is 3. The zero-order valence-electron chi connectivity index (χ0n) is 22.3. The predicted octanol–water partition coefficient (Wildman–Crippen LogP) is 3.91. The molecule has 0 bridgehead atoms. The number of alkyl carbamates (subject to hydrolysis) is 1. The van der Waals surface area contributed by atoms with Crippen LogP contribution in [0.3, 0.4) is 0 Å². The highest BCUT2D eigenvalue weighted by atomic mass is 16.7. The summed E-state index contributed by atoms with van der Waals surface area (Å²) >= 11 is 0. The van der Waals surface area contributed by atoms with E-state index in [4.69, 9.17) is 14.2 Å². The SMILES string of the molecule is CC(C)[C@@H](NC(=O)OC(C)(C)C)C(=O)NCC(=O)Nc1ccc(COC(=O)Oc2ccc([N+](=O)[O-])cc2)cc1. The van der Waals surface area contributed by atoms with Crippen LogP contribution in [-0.4, -0.2) is 47.2 Å². The van der Waals surface area contributed by atoms with Gasteiger partial charge in [-0.25, -0.2) is 9.59 Å². The number of anilines is 1. The molecule has 0 saturated carbocycles. The van der Waals surface area contributed by atoms with Crippen molar-refractivity contribution in [3.63, 3.8) is 0 Å². The first-order valence-corrected chi connectivity index (χ1v) is 12.0. The first-order chi connectivity index (χ1) is 18.2. The molecule has 39 heavy (non-hydrogen) atoms. The van der Waals surface area contributed by atoms with Gasteiger partial charge in [-0.3, -0.25) is 19.7 Å². The molecule has 0 heterocycles. The molecular formula is C26H32N4O9. The molecule has 0 unspecified atom stereocenters. The van der Waals surface area contributed by atoms with Crippen LogP contribution in [0.1, 0.15) is 40.2 Å². The molecule has 0 aliphatic carbocycles. The number of nitro groups is 1. The number of nitrogens with zero attached hydrogens (tertiary/aromatic N) is 1. The van der Waals surface area contributed by atoms with Crippen LogP contribution in [-0.2, 0) is 25.7 Å². The van der Waals surface area contributed by atoms with E-state index in [1.54, 1.807) is 58.9 Å². The molecule has 0 spiro atoms. The molecule has 3 N–H and O–H groups in total. The van der Waals surface area contributed by atoms with E-state index in [1.807, 2.05) is 0 Å². The van der Waals surface area contributed by atoms with Crippen molar-refractivity contribution in [2.75, 3.05) is 11.9 Å². The summed E-state index contributed by atoms with van der Waals surface area (Å²) in [5.41, 5.74) is 0.191. The fourth-order valence-corrected chi connectivity index (χ4v) is 3.04. The van der Waals surface area contributed by atoms with Gasteiger partial charge in [0.15, 0.2) is 0 Å². The quantitative estimate of drug-likeness (QED) is 0.173. The Morgan fingerprint density at radius 3 is 2.13 bits per heavy atom. The zero-order valence-corrected chi connectivity index (χ0v) is 22.3. The van der Waals surface area contributed by atoms with E-state index < -0.39 is 40.6 Å². The van der Waals surface area contributed by atoms with Gasteiger partial charge in [-0.05, 0) is 56.5 Å². The first-order valence-electron chi connectivity index (χ1n) is 12.0. The summed E-state index contributed by atoms with van der Waals surface area (Å²) in [6.07, 6.45) is -1.72. The van der Waals surface area contributed by atoms with E-state index >= 15 is 0 Å². The van der Waals surface area contributed by atoms with Gasteiger partial charge >= 0.3 is 12.2 Å². The van der Waals surface area contributed by atoms with E-state index in [1.165, 1.54) is 24.3 Å². The molecule has 0 radical (unpaired) electrons. The molecule has 0 aliphatic heterocycles. The van der Waals surface area contributed by atoms with Crippen molar-refractivity contribution in [2.45, 2.75) is 52.9 Å². The summed E-state index contributed by atoms with van der Waals surface area (Å²) < 4.78 is 15.2. The van der Waals surface area contributed by atoms with Gasteiger partial charge < -0.3 is 30.2 Å². The minimum Gasteiger partial charge on any atom is -0.444 e. The number of nitro benzene ring substituents is 1. The van der Waals surface area contributed by atoms with Gasteiger partial charge in [-0.15, -0.1) is 0 Å². The molecule has 0 aliphatic rings. The van der Waals surface area contributed by atoms with Crippen LogP contribution >= 0.6 is 0 Å². The van der Waals surface area contributed by atoms with Crippen molar-refractivity contribution >= 4 is 35.4 Å². The number of non-ortho nitro benzene ring substituents is 1. The van der Waals surface area contributed by atoms with Gasteiger partial charge in [0.2, 0.25) is 11.8 Å². The summed E-state index contributed by atoms with van der Waals surface area (Å²) in [5.74, 6) is -1.17. The van der Waals surface area contributed by atoms with Gasteiger partial charge in [-0.2, -0.15) is 0 Å². The van der Waals surface area contributed by atoms with Crippen LogP contribution in [0.2, 0.25) is 0 Å². The number of nitrogens with one attached hydrogen (secondary N) is 3. The molecule has 3 amide bonds. The van der Waals surface area contributed by atoms with E-state index in [-0.39, 0.29) is 30.5 Å². The molecule has 0 aromatic heterocycles. The van der Waals surface area contributed by atoms with Crippen LogP contribution in [0.15, 0.2) is 48.5 Å². The maximum Gasteiger partial charge on any atom is 0.514 e. The summed E-state index contributed by atoms with van der Waals surface area (Å²) in [6.45, 7) is 8.19. The summed E-state index contributed by atoms with van der Waals surface area (Å²) in [5, 5.41) is 18.3. The highest BCUT2D eigenvalue weighted by Gasteiger charge is 2.27. The molecule has 0 fully saturated rings. The van der Waals surface area contributed by atoms with Crippen molar-refractivity contribution < 1.29 is 38.3 Å². The largest absolute Gasteiger partial charge is 0.514 e. The average molecular weight is 545 g/mol. The molecule has 0 saturated heterocycles. The van der Waals surface area contributed by atoms with Crippen molar-refractivity contribution in [1.29, 1.82) is 0 Å². The molecule has 13 heteroatoms. The number of carbonyl (C=O) groups is 4. The third kappa shape index (κ3) is 11.1. The summed E-state index contributed by atoms with van der Waals surface area (Å²) in [7, 11) is 0. The smallest absolute Gasteiger partial charge is 0.444 e. The van der Waals surface area contributed by atoms with E-state index in [0.29, 0.717) is 11.3 Å². The molecule has 2 aromatic rings. The van der Waals surface area contributed by atoms with Crippen LogP contribution in [0.25, 0.3) is 0 Å². The standard InChI is InChI=1S/C26H32N4O9/c1-16(2)22(29-24(33)39-26(3,4)5)23(32)27-14-21(31)28-18-8-6-17(7-9-18)15-37-25(34)38-20-12-10-19(11-13-20)30(35)36/h6-13,16,22H,14-15H2,1-5H3,(H,27,32)(H,28,31)(H,29,33)/t22-/m1/s1. The zero-order chi connectivity index (χ0) is 29.2. The van der Waals surface area contributed by atoms with Crippen molar-refractivity contribution in [2.24, 2.45) is 5.92 Å². The van der Waals surface area contributed by atoms with Crippen LogP contribution in [0, 0.1) is 16.0 Å². The monoisotopic (exact) mass is 544 g/mol. The minimum atomic E-state index is -0.988. The van der Waals surface area contributed by atoms with Gasteiger partial charge in [0.25, 0.3) is 5.69 Å². The maximum absolute atomic E-state index is 12.5. The van der Waals surface area contributed by atoms with E-state index in [9.17, 15) is 29.3 Å². The number of rotatable bonds is 10. The average Bonchev–Trinajstić information content (AvgIpc) is 2.84. The van der Waals surface area contributed by atoms with Crippen LogP contribution in [0.4, 0.5) is 21.0 Å². The number of amides is 3. The Morgan fingerprint density at radius 1 is 0.974 bits per heavy atom. The third-order valence-electron chi connectivity index (χ3n) is 4.89. The summed E-state index contributed by atoms with van der Waals surface area (Å²) in [4.78, 5) is 58.8. The van der Waals surface area contributed by atoms with Gasteiger partial charge in [0.1, 0.15) is 24.0 Å². The Kier molecular flexibility index (Phi) is 10.8. The maximum atomic E-state index is 12.5. The topological polar surface area (TPSA) is 175 Å². The second kappa shape index (κ2) is 13.7. The van der Waals surface area contributed by atoms with Gasteiger partial charge in [0, 0.05) is 17.8 Å². The highest BCUT2D eigenvalue weighted by molar-refractivity contribution is 5.95. The Morgan fingerprint density at radius 2 is 1.59 bits per heavy atom. The molecular weight excluding hydrogens is 512 g/mol. The normalized spacial score (nSPS) is 11.6. The molecule has 13 nitrogen and oxygen atoms in total. The number of hydrogen-bond donors (Lipinski definition) is 3. The lowest BCUT2D eigenvalue weighted by Gasteiger charge is -2.25. The number of carbonyl (C=O) groups excluding carboxylic acids is 4. The number of benzene rings is 2. The van der Waals surface area contributed by atoms with Crippen molar-refractivity contribution in [1.82, 2.24) is 10.6 Å². The molecule has 2 aromatic carbocycles. The van der Waals surface area contributed by atoms with Crippen LogP contribution < -0.4 is 20.7 Å². The Balaban J connectivity index is 1.78. The Bertz CT molecular complexity index is 1170. The second-order valence-electron chi connectivity index (χ2n) is 9.72. The lowest BCUT2D eigenvalue weighted by Crippen LogP contribution is -2.52. The molecule has 210 valence electrons. The number of hydrogen-bond acceptors (Lipinski definition) is 9. The lowest BCUT2D eigenvalue weighted by molar-refractivity contribution is -0.384. The summed E-state index contributed by atoms with van der Waals surface area (Å²) in [6, 6.07) is 10.5. The predicted molar refractivity (Wildman–Crippen MR) is 140 cm³/mol. The van der Waals surface area contributed by atoms with E-state index in [0.717, 1.165) is 0 Å². The van der Waals surface area contributed by atoms with Crippen molar-refractivity contribution in [3.8, 4) is 5.75 Å². The minimum absolute atomic E-state index is 0.0936. The highest BCUT2D eigenvalue weighted by Crippen LogP contribution is 2.18. The molecule has 2 rings (SSSR count). The first kappa shape index (κ1) is 30.5. The van der Waals surface area contributed by atoms with Crippen LogP contribution in [0.5, 0.6) is 5.75 Å². The fraction of sp³-hybridized carbons (Fsp3) is 0.385. The van der Waals surface area contributed by atoms with Crippen molar-refractivity contribution in [3.05, 3.63) is 64.2 Å². The third-order valence-corrected chi connectivity index (χ3v) is 4.89. The molecule has 1 atom stereocenters. The second-order valence-corrected chi connectivity index (χ2v) is 9.72. The Hall–Kier alpha value is -4.68. The lowest BCUT2D eigenvalue weighted by atomic mass is 10.0. The Labute approximate surface area is 225 Å². The van der Waals surface area contributed by atoms with Gasteiger partial charge in [-0.1, -0.05) is 26.0 Å². The fourth-order valence-electron chi connectivity index (χ4n) is 3.04. The van der Waals surface area contributed by atoms with E-state index in [2.05, 4.69) is 16.0 Å². The van der Waals surface area contributed by atoms with Gasteiger partial charge in [0.05, 0.1) is 11.5 Å².